The van der Waals surface area contributed by atoms with Crippen LogP contribution in [0.5, 0.6) is 0 Å². The second-order valence-corrected chi connectivity index (χ2v) is 5.52. The maximum Gasteiger partial charge on any atom is 0.160 e. The molecule has 1 aliphatic carbocycles. The average molecular weight is 247 g/mol. The smallest absolute Gasteiger partial charge is 0.160 e. The molecule has 98 valence electrons. The van der Waals surface area contributed by atoms with E-state index in [4.69, 9.17) is 14.7 Å². The zero-order valence-corrected chi connectivity index (χ0v) is 11.4. The van der Waals surface area contributed by atoms with Gasteiger partial charge in [-0.05, 0) is 26.2 Å². The van der Waals surface area contributed by atoms with Crippen molar-refractivity contribution in [3.63, 3.8) is 0 Å². The van der Waals surface area contributed by atoms with Gasteiger partial charge >= 0.3 is 0 Å². The van der Waals surface area contributed by atoms with Crippen LogP contribution in [-0.4, -0.2) is 17.1 Å². The summed E-state index contributed by atoms with van der Waals surface area (Å²) in [5, 5.41) is 3.38. The number of hydrogen-bond acceptors (Lipinski definition) is 4. The molecule has 2 aliphatic rings. The minimum Gasteiger partial charge on any atom is -0.371 e. The van der Waals surface area contributed by atoms with Crippen molar-refractivity contribution in [1.82, 2.24) is 15.3 Å². The highest BCUT2D eigenvalue weighted by molar-refractivity contribution is 5.34. The molecule has 4 nitrogen and oxygen atoms in total. The molecule has 1 saturated carbocycles. The average Bonchev–Trinajstić information content (AvgIpc) is 3.14. The molecule has 3 rings (SSSR count). The minimum absolute atomic E-state index is 0.360. The number of ether oxygens (including phenoxy) is 1. The van der Waals surface area contributed by atoms with Gasteiger partial charge in [0.15, 0.2) is 5.82 Å². The molecule has 0 aromatic carbocycles. The summed E-state index contributed by atoms with van der Waals surface area (Å²) in [6.07, 6.45) is 3.44. The number of methoxy groups -OCH3 is 1. The Morgan fingerprint density at radius 3 is 2.72 bits per heavy atom. The Balaban J connectivity index is 2.08. The van der Waals surface area contributed by atoms with E-state index in [1.165, 1.54) is 29.8 Å². The lowest BCUT2D eigenvalue weighted by atomic mass is 10.0. The van der Waals surface area contributed by atoms with E-state index in [9.17, 15) is 0 Å². The van der Waals surface area contributed by atoms with Gasteiger partial charge in [0.05, 0.1) is 11.4 Å². The van der Waals surface area contributed by atoms with Crippen LogP contribution >= 0.6 is 0 Å². The lowest BCUT2D eigenvalue weighted by Gasteiger charge is -2.26. The van der Waals surface area contributed by atoms with E-state index in [0.717, 1.165) is 25.3 Å². The van der Waals surface area contributed by atoms with Crippen molar-refractivity contribution < 1.29 is 4.74 Å². The quantitative estimate of drug-likeness (QED) is 0.886. The first-order valence-electron chi connectivity index (χ1n) is 6.84. The lowest BCUT2D eigenvalue weighted by molar-refractivity contribution is -0.00932. The van der Waals surface area contributed by atoms with Gasteiger partial charge < -0.3 is 10.1 Å². The Bertz CT molecular complexity index is 464. The Labute approximate surface area is 108 Å². The maximum atomic E-state index is 5.64. The van der Waals surface area contributed by atoms with Gasteiger partial charge in [0.1, 0.15) is 5.60 Å². The van der Waals surface area contributed by atoms with E-state index in [1.807, 2.05) is 0 Å². The van der Waals surface area contributed by atoms with Crippen molar-refractivity contribution in [2.45, 2.75) is 57.7 Å². The maximum absolute atomic E-state index is 5.64. The third-order valence-electron chi connectivity index (χ3n) is 4.28. The van der Waals surface area contributed by atoms with E-state index < -0.39 is 0 Å². The molecule has 1 fully saturated rings. The molecule has 1 aliphatic heterocycles. The second kappa shape index (κ2) is 4.28. The predicted octanol–water partition coefficient (Wildman–Crippen LogP) is 2.23. The standard InChI is InChI=1S/C14H21N3O/c1-4-14(2,18-3)13-16-11-8-15-7-10(11)12(17-13)9-5-6-9/h9,15H,4-8H2,1-3H3. The van der Waals surface area contributed by atoms with E-state index in [-0.39, 0.29) is 5.60 Å². The first-order valence-corrected chi connectivity index (χ1v) is 6.84. The highest BCUT2D eigenvalue weighted by Gasteiger charge is 2.35. The summed E-state index contributed by atoms with van der Waals surface area (Å²) < 4.78 is 5.64. The molecule has 4 heteroatoms. The Kier molecular flexibility index (Phi) is 2.87. The fourth-order valence-corrected chi connectivity index (χ4v) is 2.52. The van der Waals surface area contributed by atoms with Crippen LogP contribution in [0.1, 0.15) is 61.8 Å². The van der Waals surface area contributed by atoms with Gasteiger partial charge in [0, 0.05) is 31.7 Å². The van der Waals surface area contributed by atoms with E-state index in [2.05, 4.69) is 19.2 Å². The second-order valence-electron chi connectivity index (χ2n) is 5.52. The molecule has 1 aromatic heterocycles. The molecule has 1 aromatic rings. The number of fused-ring (bicyclic) bond motifs is 1. The van der Waals surface area contributed by atoms with Crippen LogP contribution in [0.3, 0.4) is 0 Å². The zero-order valence-electron chi connectivity index (χ0n) is 11.4. The van der Waals surface area contributed by atoms with Crippen molar-refractivity contribution in [1.29, 1.82) is 0 Å². The molecule has 0 saturated heterocycles. The molecule has 18 heavy (non-hydrogen) atoms. The van der Waals surface area contributed by atoms with Crippen LogP contribution in [0.4, 0.5) is 0 Å². The summed E-state index contributed by atoms with van der Waals surface area (Å²) in [6.45, 7) is 5.99. The van der Waals surface area contributed by atoms with Gasteiger partial charge in [0.2, 0.25) is 0 Å². The summed E-state index contributed by atoms with van der Waals surface area (Å²) in [4.78, 5) is 9.58. The van der Waals surface area contributed by atoms with Crippen molar-refractivity contribution in [3.8, 4) is 0 Å². The molecule has 2 heterocycles. The SMILES string of the molecule is CCC(C)(OC)c1nc2c(c(C3CC3)n1)CNC2. The third-order valence-corrected chi connectivity index (χ3v) is 4.28. The van der Waals surface area contributed by atoms with E-state index >= 15 is 0 Å². The molecular weight excluding hydrogens is 226 g/mol. The van der Waals surface area contributed by atoms with Crippen molar-refractivity contribution in [2.24, 2.45) is 0 Å². The number of nitrogens with zero attached hydrogens (tertiary/aromatic N) is 2. The van der Waals surface area contributed by atoms with Crippen LogP contribution in [0, 0.1) is 0 Å². The van der Waals surface area contributed by atoms with Crippen molar-refractivity contribution >= 4 is 0 Å². The minimum atomic E-state index is -0.360. The van der Waals surface area contributed by atoms with Gasteiger partial charge in [0.25, 0.3) is 0 Å². The summed E-state index contributed by atoms with van der Waals surface area (Å²) in [7, 11) is 1.75. The molecule has 1 N–H and O–H groups in total. The predicted molar refractivity (Wildman–Crippen MR) is 69.2 cm³/mol. The summed E-state index contributed by atoms with van der Waals surface area (Å²) >= 11 is 0. The van der Waals surface area contributed by atoms with E-state index in [1.54, 1.807) is 7.11 Å². The monoisotopic (exact) mass is 247 g/mol. The molecule has 1 atom stereocenters. The molecule has 1 unspecified atom stereocenters. The number of rotatable bonds is 4. The van der Waals surface area contributed by atoms with Crippen LogP contribution in [0.25, 0.3) is 0 Å². The Morgan fingerprint density at radius 1 is 1.33 bits per heavy atom. The van der Waals surface area contributed by atoms with E-state index in [0.29, 0.717) is 5.92 Å². The Hall–Kier alpha value is -1.00. The first kappa shape index (κ1) is 12.1. The molecule has 0 bridgehead atoms. The van der Waals surface area contributed by atoms with Gasteiger partial charge in [-0.1, -0.05) is 6.92 Å². The van der Waals surface area contributed by atoms with Gasteiger partial charge in [-0.15, -0.1) is 0 Å². The molecule has 0 radical (unpaired) electrons. The summed E-state index contributed by atoms with van der Waals surface area (Å²) in [5.41, 5.74) is 3.44. The largest absolute Gasteiger partial charge is 0.371 e. The van der Waals surface area contributed by atoms with Crippen LogP contribution in [0.2, 0.25) is 0 Å². The van der Waals surface area contributed by atoms with Crippen LogP contribution in [-0.2, 0) is 23.4 Å². The highest BCUT2D eigenvalue weighted by atomic mass is 16.5. The number of nitrogens with one attached hydrogen (secondary N) is 1. The van der Waals surface area contributed by atoms with Crippen LogP contribution in [0.15, 0.2) is 0 Å². The van der Waals surface area contributed by atoms with Crippen molar-refractivity contribution in [2.75, 3.05) is 7.11 Å². The topological polar surface area (TPSA) is 47.0 Å². The summed E-state index contributed by atoms with van der Waals surface area (Å²) in [6, 6.07) is 0. The van der Waals surface area contributed by atoms with Gasteiger partial charge in [-0.3, -0.25) is 0 Å². The third kappa shape index (κ3) is 1.84. The zero-order chi connectivity index (χ0) is 12.8. The first-order chi connectivity index (χ1) is 8.68. The molecule has 0 spiro atoms. The van der Waals surface area contributed by atoms with Gasteiger partial charge in [-0.2, -0.15) is 0 Å². The van der Waals surface area contributed by atoms with Gasteiger partial charge in [-0.25, -0.2) is 9.97 Å². The number of aromatic nitrogens is 2. The molecule has 0 amide bonds. The van der Waals surface area contributed by atoms with Crippen molar-refractivity contribution in [3.05, 3.63) is 22.8 Å². The Morgan fingerprint density at radius 2 is 2.11 bits per heavy atom. The fourth-order valence-electron chi connectivity index (χ4n) is 2.52. The number of hydrogen-bond donors (Lipinski definition) is 1. The molecular formula is C14H21N3O. The normalized spacial score (nSPS) is 21.7. The highest BCUT2D eigenvalue weighted by Crippen LogP contribution is 2.42. The fraction of sp³-hybridized carbons (Fsp3) is 0.714. The summed E-state index contributed by atoms with van der Waals surface area (Å²) in [5.74, 6) is 1.52. The van der Waals surface area contributed by atoms with Crippen LogP contribution < -0.4 is 5.32 Å². The lowest BCUT2D eigenvalue weighted by Crippen LogP contribution is -2.27.